The number of rotatable bonds is 9. The molecule has 0 N–H and O–H groups in total. The Balaban J connectivity index is 6.39. The molecular weight excluding hydrogens is 485 g/mol. The van der Waals surface area contributed by atoms with Crippen LogP contribution in [-0.2, 0) is 14.3 Å². The van der Waals surface area contributed by atoms with E-state index in [2.05, 4.69) is 10.8 Å². The topological polar surface area (TPSA) is 43.4 Å². The second kappa shape index (κ2) is 7.09. The molecule has 0 amide bonds. The zero-order chi connectivity index (χ0) is 24.1. The average Bonchev–Trinajstić information content (AvgIpc) is 2.51. The molecule has 0 aliphatic carbocycles. The fourth-order valence-electron chi connectivity index (χ4n) is 1.29. The van der Waals surface area contributed by atoms with Crippen LogP contribution in [0.1, 0.15) is 0 Å². The van der Waals surface area contributed by atoms with Crippen LogP contribution >= 0.6 is 0 Å². The van der Waals surface area contributed by atoms with Crippen molar-refractivity contribution in [2.24, 2.45) is 0 Å². The second-order valence-electron chi connectivity index (χ2n) is 5.00. The molecule has 0 aliphatic heterocycles. The lowest BCUT2D eigenvalue weighted by Crippen LogP contribution is -2.73. The first-order chi connectivity index (χ1) is 12.3. The summed E-state index contributed by atoms with van der Waals surface area (Å²) in [6, 6.07) is 0. The van der Waals surface area contributed by atoms with E-state index >= 15 is 0 Å². The highest BCUT2D eigenvalue weighted by Crippen LogP contribution is 2.62. The van der Waals surface area contributed by atoms with Gasteiger partial charge in [0.05, 0.1) is 5.41 Å². The van der Waals surface area contributed by atoms with E-state index in [9.17, 15) is 74.3 Å². The third-order valence-corrected chi connectivity index (χ3v) is 3.86. The van der Waals surface area contributed by atoms with Gasteiger partial charge in [0.15, 0.2) is 0 Å². The lowest BCUT2D eigenvalue weighted by atomic mass is 9.91. The molecule has 0 aromatic carbocycles. The minimum atomic E-state index is -8.44. The van der Waals surface area contributed by atoms with Gasteiger partial charge < -0.3 is 0 Å². The van der Waals surface area contributed by atoms with Crippen molar-refractivity contribution in [1.82, 2.24) is 0 Å². The molecule has 0 atom stereocenters. The van der Waals surface area contributed by atoms with Crippen LogP contribution in [0.4, 0.5) is 65.9 Å². The summed E-state index contributed by atoms with van der Waals surface area (Å²) < 4.78 is 216. The molecule has 0 saturated heterocycles. The predicted molar refractivity (Wildman–Crippen MR) is 60.8 cm³/mol. The van der Waals surface area contributed by atoms with Crippen molar-refractivity contribution in [2.45, 2.75) is 41.7 Å². The third kappa shape index (κ3) is 4.11. The van der Waals surface area contributed by atoms with Gasteiger partial charge in [-0.25, -0.2) is 0 Å². The molecule has 0 bridgehead atoms. The lowest BCUT2D eigenvalue weighted by molar-refractivity contribution is -0.453. The lowest BCUT2D eigenvalue weighted by Gasteiger charge is -2.41. The summed E-state index contributed by atoms with van der Waals surface area (Å²) in [5.74, 6) is -47.8. The third-order valence-electron chi connectivity index (χ3n) is 3.00. The van der Waals surface area contributed by atoms with Gasteiger partial charge in [-0.1, -0.05) is 6.58 Å². The molecule has 3 nitrogen and oxygen atoms in total. The van der Waals surface area contributed by atoms with Crippen LogP contribution in [0, 0.1) is 0 Å². The van der Waals surface area contributed by atoms with Gasteiger partial charge in [0.2, 0.25) is 0 Å². The van der Waals surface area contributed by atoms with Gasteiger partial charge in [-0.2, -0.15) is 74.3 Å². The molecule has 29 heavy (non-hydrogen) atoms. The Bertz CT molecular complexity index is 721. The van der Waals surface area contributed by atoms with Crippen molar-refractivity contribution in [1.29, 1.82) is 0 Å². The van der Waals surface area contributed by atoms with E-state index in [4.69, 9.17) is 0 Å². The molecule has 19 heteroatoms. The van der Waals surface area contributed by atoms with E-state index in [1.54, 1.807) is 0 Å². The van der Waals surface area contributed by atoms with Crippen molar-refractivity contribution in [2.75, 3.05) is 6.61 Å². The van der Waals surface area contributed by atoms with E-state index in [0.717, 1.165) is 0 Å². The van der Waals surface area contributed by atoms with Gasteiger partial charge in [0, 0.05) is 0 Å². The average molecular weight is 490 g/mol. The molecule has 0 aromatic heterocycles. The van der Waals surface area contributed by atoms with Gasteiger partial charge in [0.25, 0.3) is 10.1 Å². The van der Waals surface area contributed by atoms with E-state index in [-0.39, 0.29) is 5.41 Å². The van der Waals surface area contributed by atoms with E-state index < -0.39 is 58.4 Å². The number of alkyl halides is 15. The van der Waals surface area contributed by atoms with Crippen molar-refractivity contribution in [3.8, 4) is 0 Å². The minimum Gasteiger partial charge on any atom is -0.260 e. The first-order valence-corrected chi connectivity index (χ1v) is 7.59. The fraction of sp³-hybridized carbons (Fsp3) is 0.800. The highest BCUT2D eigenvalue weighted by Gasteiger charge is 2.93. The molecule has 0 aliphatic rings. The Morgan fingerprint density at radius 1 is 0.621 bits per heavy atom. The number of halogens is 15. The Kier molecular flexibility index (Phi) is 6.74. The van der Waals surface area contributed by atoms with E-state index in [1.165, 1.54) is 0 Å². The van der Waals surface area contributed by atoms with Crippen LogP contribution in [0.2, 0.25) is 0 Å². The molecule has 0 saturated carbocycles. The van der Waals surface area contributed by atoms with E-state index in [0.29, 0.717) is 0 Å². The molecule has 0 aromatic rings. The quantitative estimate of drug-likeness (QED) is 0.343. The number of hydrogen-bond donors (Lipinski definition) is 0. The van der Waals surface area contributed by atoms with Gasteiger partial charge in [-0.05, 0) is 0 Å². The predicted octanol–water partition coefficient (Wildman–Crippen LogP) is 4.85. The van der Waals surface area contributed by atoms with Gasteiger partial charge in [-0.3, -0.25) is 4.18 Å². The van der Waals surface area contributed by atoms with Crippen molar-refractivity contribution >= 4 is 10.1 Å². The summed E-state index contributed by atoms with van der Waals surface area (Å²) in [5.41, 5.74) is 0. The highest BCUT2D eigenvalue weighted by molar-refractivity contribution is 7.89. The van der Waals surface area contributed by atoms with Gasteiger partial charge >= 0.3 is 41.7 Å². The summed E-state index contributed by atoms with van der Waals surface area (Å²) in [7, 11) is -5.36. The summed E-state index contributed by atoms with van der Waals surface area (Å²) in [6.45, 7) is -1.07. The monoisotopic (exact) mass is 490 g/mol. The second-order valence-corrected chi connectivity index (χ2v) is 6.55. The zero-order valence-electron chi connectivity index (χ0n) is 12.8. The van der Waals surface area contributed by atoms with Crippen LogP contribution in [0.5, 0.6) is 0 Å². The largest absolute Gasteiger partial charge is 0.460 e. The molecule has 174 valence electrons. The van der Waals surface area contributed by atoms with Crippen molar-refractivity contribution < 1.29 is 78.5 Å². The summed E-state index contributed by atoms with van der Waals surface area (Å²) in [6.07, 6.45) is -7.70. The minimum absolute atomic E-state index is 0.383. The summed E-state index contributed by atoms with van der Waals surface area (Å²) in [5, 5.41) is -0.383. The van der Waals surface area contributed by atoms with Gasteiger partial charge in [-0.15, -0.1) is 0 Å². The zero-order valence-corrected chi connectivity index (χ0v) is 13.6. The van der Waals surface area contributed by atoms with Crippen LogP contribution < -0.4 is 0 Å². The molecule has 0 unspecified atom stereocenters. The molecule has 0 rings (SSSR count). The smallest absolute Gasteiger partial charge is 0.260 e. The molecular formula is C10H5F15O3S. The maximum absolute atomic E-state index is 13.2. The fourth-order valence-corrected chi connectivity index (χ4v) is 1.70. The first-order valence-electron chi connectivity index (χ1n) is 6.12. The first kappa shape index (κ1) is 27.6. The van der Waals surface area contributed by atoms with Crippen LogP contribution in [0.15, 0.2) is 12.0 Å². The molecule has 0 heterocycles. The molecule has 0 fully saturated rings. The Hall–Kier alpha value is -1.40. The van der Waals surface area contributed by atoms with Gasteiger partial charge in [0.1, 0.15) is 6.61 Å². The summed E-state index contributed by atoms with van der Waals surface area (Å²) >= 11 is 0. The maximum atomic E-state index is 13.2. The van der Waals surface area contributed by atoms with Crippen LogP contribution in [0.25, 0.3) is 0 Å². The van der Waals surface area contributed by atoms with Crippen LogP contribution in [0.3, 0.4) is 0 Å². The Labute approximate surface area is 150 Å². The summed E-state index contributed by atoms with van der Waals surface area (Å²) in [4.78, 5) is 0. The SMILES string of the molecule is C=CS(=O)(=O)OCC(F)(F)C(F)(F)C(F)(F)C(F)(F)C(F)(F)C(F)(F)C(F)(F)F. The molecule has 0 spiro atoms. The normalized spacial score (nSPS) is 16.1. The van der Waals surface area contributed by atoms with E-state index in [1.807, 2.05) is 0 Å². The van der Waals surface area contributed by atoms with Crippen molar-refractivity contribution in [3.05, 3.63) is 12.0 Å². The maximum Gasteiger partial charge on any atom is 0.460 e. The standard InChI is InChI=1S/C10H5F15O3S/c1-2-29(26,27)28-3-4(11,12)5(13,14)6(15,16)7(17,18)8(19,20)9(21,22)10(23,24)25/h2H,1,3H2. The Morgan fingerprint density at radius 2 is 0.931 bits per heavy atom. The molecule has 0 radical (unpaired) electrons. The van der Waals surface area contributed by atoms with Crippen molar-refractivity contribution in [3.63, 3.8) is 0 Å². The van der Waals surface area contributed by atoms with Crippen LogP contribution in [-0.4, -0.2) is 56.7 Å². The Morgan fingerprint density at radius 3 is 1.24 bits per heavy atom. The highest BCUT2D eigenvalue weighted by atomic mass is 32.2. The number of hydrogen-bond acceptors (Lipinski definition) is 3.